The van der Waals surface area contributed by atoms with Gasteiger partial charge in [0.25, 0.3) is 5.91 Å². The van der Waals surface area contributed by atoms with Crippen LogP contribution in [0.2, 0.25) is 0 Å². The van der Waals surface area contributed by atoms with Crippen LogP contribution < -0.4 is 16.4 Å². The highest BCUT2D eigenvalue weighted by atomic mass is 32.2. The molecule has 50 heavy (non-hydrogen) atoms. The van der Waals surface area contributed by atoms with Gasteiger partial charge in [0.1, 0.15) is 6.04 Å². The first-order valence-corrected chi connectivity index (χ1v) is 20.5. The molecule has 1 aromatic heterocycles. The van der Waals surface area contributed by atoms with E-state index in [0.29, 0.717) is 23.8 Å². The molecule has 0 bridgehead atoms. The summed E-state index contributed by atoms with van der Waals surface area (Å²) in [5.74, 6) is -2.84. The lowest BCUT2D eigenvalue weighted by atomic mass is 9.82. The Morgan fingerprint density at radius 1 is 1.04 bits per heavy atom. The second-order valence-electron chi connectivity index (χ2n) is 17.1. The first-order chi connectivity index (χ1) is 23.4. The van der Waals surface area contributed by atoms with E-state index in [4.69, 9.17) is 5.73 Å². The van der Waals surface area contributed by atoms with E-state index in [1.165, 1.54) is 15.6 Å². The lowest BCUT2D eigenvalue weighted by Crippen LogP contribution is -2.60. The van der Waals surface area contributed by atoms with Gasteiger partial charge in [-0.2, -0.15) is 4.31 Å². The van der Waals surface area contributed by atoms with E-state index in [-0.39, 0.29) is 54.4 Å². The molecule has 1 aromatic rings. The van der Waals surface area contributed by atoms with Crippen molar-refractivity contribution in [3.05, 3.63) is 16.3 Å². The van der Waals surface area contributed by atoms with E-state index >= 15 is 0 Å². The quantitative estimate of drug-likeness (QED) is 0.259. The summed E-state index contributed by atoms with van der Waals surface area (Å²) >= 11 is 1.40. The number of fused-ring (bicyclic) bond motifs is 2. The van der Waals surface area contributed by atoms with Crippen LogP contribution in [-0.2, 0) is 35.7 Å². The predicted molar refractivity (Wildman–Crippen MR) is 188 cm³/mol. The van der Waals surface area contributed by atoms with Gasteiger partial charge >= 0.3 is 6.03 Å². The minimum Gasteiger partial charge on any atom is -0.363 e. The van der Waals surface area contributed by atoms with Crippen LogP contribution in [0.4, 0.5) is 4.79 Å². The van der Waals surface area contributed by atoms with Gasteiger partial charge in [0, 0.05) is 42.9 Å². The molecule has 6 rings (SSSR count). The zero-order chi connectivity index (χ0) is 36.3. The van der Waals surface area contributed by atoms with E-state index in [2.05, 4.69) is 24.5 Å². The molecule has 1 unspecified atom stereocenters. The Morgan fingerprint density at radius 3 is 2.32 bits per heavy atom. The van der Waals surface area contributed by atoms with Crippen molar-refractivity contribution in [2.24, 2.45) is 46.2 Å². The molecule has 4 amide bonds. The number of urea groups is 1. The first kappa shape index (κ1) is 36.9. The molecule has 12 nitrogen and oxygen atoms in total. The molecule has 1 saturated heterocycles. The minimum atomic E-state index is -3.67. The van der Waals surface area contributed by atoms with Crippen molar-refractivity contribution in [2.75, 3.05) is 13.1 Å². The molecule has 0 radical (unpaired) electrons. The summed E-state index contributed by atoms with van der Waals surface area (Å²) in [5.41, 5.74) is 4.72. The Morgan fingerprint density at radius 2 is 1.72 bits per heavy atom. The predicted octanol–water partition coefficient (Wildman–Crippen LogP) is 3.83. The number of Topliss-reactive ketones (excluding diaryl/α,β-unsaturated/α-hetero) is 2. The fraction of sp³-hybridized carbons (Fsp3) is 0.750. The highest BCUT2D eigenvalue weighted by Crippen LogP contribution is 2.65. The molecule has 6 atom stereocenters. The number of nitrogens with zero attached hydrogens (tertiary/aromatic N) is 2. The molecular formula is C36H53N5O7S2. The van der Waals surface area contributed by atoms with Crippen LogP contribution in [0.15, 0.2) is 16.3 Å². The van der Waals surface area contributed by atoms with E-state index in [9.17, 15) is 32.4 Å². The van der Waals surface area contributed by atoms with Crippen LogP contribution in [0.3, 0.4) is 0 Å². The molecule has 4 N–H and O–H groups in total. The Balaban J connectivity index is 1.20. The largest absolute Gasteiger partial charge is 0.363 e. The number of thiophene rings is 1. The zero-order valence-corrected chi connectivity index (χ0v) is 31.5. The number of rotatable bonds is 13. The van der Waals surface area contributed by atoms with Crippen molar-refractivity contribution in [2.45, 2.75) is 122 Å². The van der Waals surface area contributed by atoms with Gasteiger partial charge in [0.2, 0.25) is 21.7 Å². The summed E-state index contributed by atoms with van der Waals surface area (Å²) in [6.45, 7) is 10.7. The van der Waals surface area contributed by atoms with Gasteiger partial charge in [-0.15, -0.1) is 11.3 Å². The second kappa shape index (κ2) is 13.6. The number of ketones is 2. The van der Waals surface area contributed by atoms with Gasteiger partial charge in [0.15, 0.2) is 5.78 Å². The van der Waals surface area contributed by atoms with E-state index in [0.717, 1.165) is 49.8 Å². The molecule has 5 aliphatic rings. The summed E-state index contributed by atoms with van der Waals surface area (Å²) in [4.78, 5) is 70.0. The van der Waals surface area contributed by atoms with Crippen LogP contribution in [0.1, 0.15) is 97.3 Å². The number of nitrogens with two attached hydrogens (primary N) is 1. The molecule has 4 fully saturated rings. The SMILES string of the molecule is CC(C)(C)[C@@H](CN1Cc2sccc2S1(=O)=O)NC(=O)N[C@H](C(=O)N1C[C@H]2[C@@H]([C@H]1C(=O)CC(CC1CC1)C(=O)C(N)=O)C2(C)C)C1CCCCC1. The molecule has 14 heteroatoms. The highest BCUT2D eigenvalue weighted by Gasteiger charge is 2.69. The van der Waals surface area contributed by atoms with E-state index in [1.54, 1.807) is 16.3 Å². The number of amides is 4. The Kier molecular flexibility index (Phi) is 10.1. The number of primary amides is 1. The molecule has 2 aliphatic heterocycles. The van der Waals surface area contributed by atoms with Crippen LogP contribution in [0.25, 0.3) is 0 Å². The normalized spacial score (nSPS) is 27.5. The first-order valence-electron chi connectivity index (χ1n) is 18.2. The number of carbonyl (C=O) groups is 5. The Labute approximate surface area is 299 Å². The van der Waals surface area contributed by atoms with Crippen LogP contribution in [0, 0.1) is 40.4 Å². The topological polar surface area (TPSA) is 176 Å². The van der Waals surface area contributed by atoms with Crippen LogP contribution >= 0.6 is 11.3 Å². The third-order valence-corrected chi connectivity index (χ3v) is 15.2. The van der Waals surface area contributed by atoms with Crippen molar-refractivity contribution < 1.29 is 32.4 Å². The molecule has 3 saturated carbocycles. The maximum Gasteiger partial charge on any atom is 0.315 e. The highest BCUT2D eigenvalue weighted by molar-refractivity contribution is 7.89. The number of sulfonamides is 1. The average molecular weight is 732 g/mol. The molecular weight excluding hydrogens is 679 g/mol. The van der Waals surface area contributed by atoms with Gasteiger partial charge in [-0.1, -0.05) is 66.7 Å². The minimum absolute atomic E-state index is 0.0686. The fourth-order valence-electron chi connectivity index (χ4n) is 8.82. The number of hydrogen-bond acceptors (Lipinski definition) is 8. The van der Waals surface area contributed by atoms with Crippen molar-refractivity contribution >= 4 is 50.8 Å². The maximum atomic E-state index is 14.6. The summed E-state index contributed by atoms with van der Waals surface area (Å²) in [7, 11) is -3.67. The van der Waals surface area contributed by atoms with Gasteiger partial charge < -0.3 is 21.3 Å². The molecule has 3 aliphatic carbocycles. The van der Waals surface area contributed by atoms with Crippen molar-refractivity contribution in [3.8, 4) is 0 Å². The lowest BCUT2D eigenvalue weighted by molar-refractivity contribution is -0.144. The van der Waals surface area contributed by atoms with E-state index < -0.39 is 57.2 Å². The maximum absolute atomic E-state index is 14.6. The van der Waals surface area contributed by atoms with Gasteiger partial charge in [-0.25, -0.2) is 13.2 Å². The summed E-state index contributed by atoms with van der Waals surface area (Å²) < 4.78 is 27.9. The van der Waals surface area contributed by atoms with Crippen LogP contribution in [-0.4, -0.2) is 78.2 Å². The molecule has 0 aromatic carbocycles. The van der Waals surface area contributed by atoms with Gasteiger partial charge in [-0.3, -0.25) is 19.2 Å². The Bertz CT molecular complexity index is 1640. The van der Waals surface area contributed by atoms with Crippen molar-refractivity contribution in [1.29, 1.82) is 0 Å². The summed E-state index contributed by atoms with van der Waals surface area (Å²) in [5, 5.41) is 7.80. The van der Waals surface area contributed by atoms with Crippen molar-refractivity contribution in [3.63, 3.8) is 0 Å². The third kappa shape index (κ3) is 7.26. The summed E-state index contributed by atoms with van der Waals surface area (Å²) in [6, 6.07) is -1.11. The smallest absolute Gasteiger partial charge is 0.315 e. The number of likely N-dealkylation sites (tertiary alicyclic amines) is 1. The van der Waals surface area contributed by atoms with Gasteiger partial charge in [0.05, 0.1) is 10.9 Å². The monoisotopic (exact) mass is 731 g/mol. The third-order valence-electron chi connectivity index (χ3n) is 12.3. The standard InChI is InChI=1S/C36H53N5O7S2/c1-35(2,3)27(19-40-18-25-26(13-14-49-25)50(40,47)48)38-34(46)39-29(21-9-7-6-8-10-21)33(45)41-17-23-28(36(23,4)5)30(41)24(42)16-22(15-20-11-12-20)31(43)32(37)44/h13-14,20-23,27-30H,6-12,15-19H2,1-5H3,(H2,37,44)(H2,38,39,46)/t22?,23-,27+,28-,29-,30+/m0/s1. The van der Waals surface area contributed by atoms with Gasteiger partial charge in [-0.05, 0) is 65.2 Å². The number of hydrogen-bond donors (Lipinski definition) is 3. The lowest BCUT2D eigenvalue weighted by Gasteiger charge is -2.38. The van der Waals surface area contributed by atoms with Crippen molar-refractivity contribution in [1.82, 2.24) is 19.8 Å². The fourth-order valence-corrected chi connectivity index (χ4v) is 11.7. The van der Waals surface area contributed by atoms with Crippen LogP contribution in [0.5, 0.6) is 0 Å². The average Bonchev–Trinajstić information content (AvgIpc) is 3.72. The summed E-state index contributed by atoms with van der Waals surface area (Å²) in [6.07, 6.45) is 6.65. The molecule has 0 spiro atoms. The number of nitrogens with one attached hydrogen (secondary N) is 2. The van der Waals surface area contributed by atoms with E-state index in [1.807, 2.05) is 20.8 Å². The second-order valence-corrected chi connectivity index (χ2v) is 20.0. The molecule has 3 heterocycles. The number of piperidine rings is 1. The molecule has 276 valence electrons. The number of carbonyl (C=O) groups excluding carboxylic acids is 5. The zero-order valence-electron chi connectivity index (χ0n) is 29.9. The Hall–Kier alpha value is -2.84.